The lowest BCUT2D eigenvalue weighted by atomic mass is 9.88. The molecule has 9 heteroatoms. The molecule has 1 aromatic rings. The molecule has 1 aromatic heterocycles. The van der Waals surface area contributed by atoms with Crippen molar-refractivity contribution in [1.29, 1.82) is 0 Å². The number of rotatable bonds is 4. The lowest BCUT2D eigenvalue weighted by molar-refractivity contribution is -0.125. The van der Waals surface area contributed by atoms with Crippen molar-refractivity contribution in [3.05, 3.63) is 24.5 Å². The van der Waals surface area contributed by atoms with Crippen molar-refractivity contribution >= 4 is 17.9 Å². The highest BCUT2D eigenvalue weighted by Crippen LogP contribution is 2.30. The molecule has 9 nitrogen and oxygen atoms in total. The highest BCUT2D eigenvalue weighted by Gasteiger charge is 2.46. The van der Waals surface area contributed by atoms with Gasteiger partial charge in [-0.1, -0.05) is 0 Å². The van der Waals surface area contributed by atoms with Crippen LogP contribution in [0, 0.1) is 0 Å². The molecule has 1 atom stereocenters. The summed E-state index contributed by atoms with van der Waals surface area (Å²) in [5, 5.41) is 5.70. The number of aliphatic imine (C=N–C) groups is 1. The first-order valence-electron chi connectivity index (χ1n) is 9.08. The van der Waals surface area contributed by atoms with Crippen LogP contribution >= 0.6 is 0 Å². The number of nitrogens with one attached hydrogen (secondary N) is 2. The largest absolute Gasteiger partial charge is 0.487 e. The van der Waals surface area contributed by atoms with E-state index >= 15 is 0 Å². The molecule has 146 valence electrons. The fraction of sp³-hybridized carbons (Fsp3) is 0.556. The highest BCUT2D eigenvalue weighted by atomic mass is 16.5. The Morgan fingerprint density at radius 2 is 2.19 bits per heavy atom. The summed E-state index contributed by atoms with van der Waals surface area (Å²) in [7, 11) is 3.69. The van der Waals surface area contributed by atoms with Crippen molar-refractivity contribution in [1.82, 2.24) is 25.4 Å². The van der Waals surface area contributed by atoms with E-state index in [0.29, 0.717) is 44.2 Å². The molecule has 1 spiro atoms. The van der Waals surface area contributed by atoms with Crippen LogP contribution in [-0.2, 0) is 4.79 Å². The van der Waals surface area contributed by atoms with Gasteiger partial charge in [0, 0.05) is 33.4 Å². The first-order chi connectivity index (χ1) is 12.9. The van der Waals surface area contributed by atoms with E-state index in [0.717, 1.165) is 0 Å². The number of aromatic nitrogens is 1. The maximum atomic E-state index is 12.4. The second-order valence-electron chi connectivity index (χ2n) is 7.11. The minimum absolute atomic E-state index is 0.0789. The number of nitrogens with zero attached hydrogens (tertiary/aromatic N) is 4. The standard InChI is InChI=1S/C18H26N6O3/c1-13(27-14-5-4-8-19-12-14)11-20-17(26)24-9-6-18(7-10-24)15(25)21-16(22-18)23(2)3/h4-5,8,12-13H,6-7,9-11H2,1-3H3,(H,20,26)(H,21,22,25)/t13-/m1/s1. The second kappa shape index (κ2) is 7.81. The zero-order valence-electron chi connectivity index (χ0n) is 15.9. The van der Waals surface area contributed by atoms with Crippen molar-refractivity contribution in [2.45, 2.75) is 31.4 Å². The number of urea groups is 1. The molecule has 27 heavy (non-hydrogen) atoms. The predicted molar refractivity (Wildman–Crippen MR) is 101 cm³/mol. The Bertz CT molecular complexity index is 713. The number of carbonyl (C=O) groups excluding carboxylic acids is 2. The fourth-order valence-electron chi connectivity index (χ4n) is 3.16. The highest BCUT2D eigenvalue weighted by molar-refractivity contribution is 6.07. The molecule has 2 aliphatic rings. The van der Waals surface area contributed by atoms with E-state index in [1.165, 1.54) is 0 Å². The second-order valence-corrected chi connectivity index (χ2v) is 7.11. The average molecular weight is 374 g/mol. The van der Waals surface area contributed by atoms with Crippen molar-refractivity contribution in [3.8, 4) is 5.75 Å². The van der Waals surface area contributed by atoms with Gasteiger partial charge >= 0.3 is 6.03 Å². The Balaban J connectivity index is 1.47. The molecule has 1 fully saturated rings. The zero-order chi connectivity index (χ0) is 19.4. The monoisotopic (exact) mass is 374 g/mol. The SMILES string of the molecule is C[C@H](CNC(=O)N1CCC2(CC1)N=C(N(C)C)NC2=O)Oc1cccnc1. The van der Waals surface area contributed by atoms with Crippen molar-refractivity contribution < 1.29 is 14.3 Å². The molecule has 0 aliphatic carbocycles. The molecular formula is C18H26N6O3. The van der Waals surface area contributed by atoms with Crippen LogP contribution in [0.15, 0.2) is 29.5 Å². The minimum atomic E-state index is -0.743. The van der Waals surface area contributed by atoms with Crippen LogP contribution in [0.4, 0.5) is 4.79 Å². The third kappa shape index (κ3) is 4.29. The molecular weight excluding hydrogens is 348 g/mol. The van der Waals surface area contributed by atoms with Crippen LogP contribution in [0.25, 0.3) is 0 Å². The summed E-state index contributed by atoms with van der Waals surface area (Å²) in [5.41, 5.74) is -0.743. The van der Waals surface area contributed by atoms with Gasteiger partial charge in [-0.05, 0) is 31.9 Å². The van der Waals surface area contributed by atoms with Gasteiger partial charge < -0.3 is 19.9 Å². The molecule has 0 aromatic carbocycles. The molecule has 2 N–H and O–H groups in total. The van der Waals surface area contributed by atoms with Gasteiger partial charge in [-0.25, -0.2) is 9.79 Å². The molecule has 3 heterocycles. The quantitative estimate of drug-likeness (QED) is 0.797. The van der Waals surface area contributed by atoms with E-state index in [1.54, 1.807) is 28.3 Å². The van der Waals surface area contributed by atoms with Gasteiger partial charge in [-0.3, -0.25) is 15.1 Å². The van der Waals surface area contributed by atoms with Crippen LogP contribution in [0.2, 0.25) is 0 Å². The van der Waals surface area contributed by atoms with Gasteiger partial charge in [0.1, 0.15) is 17.4 Å². The fourth-order valence-corrected chi connectivity index (χ4v) is 3.16. The molecule has 0 saturated carbocycles. The summed E-state index contributed by atoms with van der Waals surface area (Å²) in [5.74, 6) is 1.17. The van der Waals surface area contributed by atoms with Crippen LogP contribution < -0.4 is 15.4 Å². The molecule has 0 bridgehead atoms. The summed E-state index contributed by atoms with van der Waals surface area (Å²) in [6.07, 6.45) is 4.18. The van der Waals surface area contributed by atoms with E-state index in [9.17, 15) is 9.59 Å². The normalized spacial score (nSPS) is 19.3. The van der Waals surface area contributed by atoms with Gasteiger partial charge in [0.25, 0.3) is 5.91 Å². The average Bonchev–Trinajstić information content (AvgIpc) is 2.98. The smallest absolute Gasteiger partial charge is 0.317 e. The van der Waals surface area contributed by atoms with Crippen LogP contribution in [0.1, 0.15) is 19.8 Å². The van der Waals surface area contributed by atoms with E-state index in [-0.39, 0.29) is 18.0 Å². The van der Waals surface area contributed by atoms with Crippen LogP contribution in [0.3, 0.4) is 0 Å². The maximum absolute atomic E-state index is 12.4. The summed E-state index contributed by atoms with van der Waals surface area (Å²) in [6.45, 7) is 3.25. The van der Waals surface area contributed by atoms with E-state index in [1.807, 2.05) is 27.1 Å². The summed E-state index contributed by atoms with van der Waals surface area (Å²) in [4.78, 5) is 36.8. The molecule has 3 amide bonds. The lowest BCUT2D eigenvalue weighted by Gasteiger charge is -2.35. The van der Waals surface area contributed by atoms with Crippen molar-refractivity contribution in [2.75, 3.05) is 33.7 Å². The van der Waals surface area contributed by atoms with Gasteiger partial charge in [0.2, 0.25) is 5.96 Å². The lowest BCUT2D eigenvalue weighted by Crippen LogP contribution is -2.53. The molecule has 0 radical (unpaired) electrons. The summed E-state index contributed by atoms with van der Waals surface area (Å²) >= 11 is 0. The Morgan fingerprint density at radius 3 is 2.78 bits per heavy atom. The summed E-state index contributed by atoms with van der Waals surface area (Å²) < 4.78 is 5.71. The van der Waals surface area contributed by atoms with E-state index < -0.39 is 5.54 Å². The Labute approximate surface area is 158 Å². The van der Waals surface area contributed by atoms with E-state index in [2.05, 4.69) is 20.6 Å². The Hall–Kier alpha value is -2.84. The third-order valence-corrected chi connectivity index (χ3v) is 4.78. The minimum Gasteiger partial charge on any atom is -0.487 e. The summed E-state index contributed by atoms with van der Waals surface area (Å²) in [6, 6.07) is 3.47. The number of piperidine rings is 1. The van der Waals surface area contributed by atoms with Gasteiger partial charge in [0.15, 0.2) is 0 Å². The van der Waals surface area contributed by atoms with Crippen molar-refractivity contribution in [2.24, 2.45) is 4.99 Å². The zero-order valence-corrected chi connectivity index (χ0v) is 15.9. The van der Waals surface area contributed by atoms with Crippen LogP contribution in [0.5, 0.6) is 5.75 Å². The predicted octanol–water partition coefficient (Wildman–Crippen LogP) is 0.441. The Morgan fingerprint density at radius 1 is 1.44 bits per heavy atom. The number of likely N-dealkylation sites (tertiary alicyclic amines) is 1. The van der Waals surface area contributed by atoms with Crippen LogP contribution in [-0.4, -0.2) is 78.1 Å². The molecule has 0 unspecified atom stereocenters. The number of ether oxygens (including phenoxy) is 1. The van der Waals surface area contributed by atoms with Gasteiger partial charge in [-0.15, -0.1) is 0 Å². The first kappa shape index (κ1) is 18.9. The van der Waals surface area contributed by atoms with Crippen molar-refractivity contribution in [3.63, 3.8) is 0 Å². The van der Waals surface area contributed by atoms with Gasteiger partial charge in [-0.2, -0.15) is 0 Å². The Kier molecular flexibility index (Phi) is 5.48. The van der Waals surface area contributed by atoms with Gasteiger partial charge in [0.05, 0.1) is 12.7 Å². The number of carbonyl (C=O) groups is 2. The number of guanidine groups is 1. The number of hydrogen-bond acceptors (Lipinski definition) is 6. The maximum Gasteiger partial charge on any atom is 0.317 e. The molecule has 3 rings (SSSR count). The topological polar surface area (TPSA) is 99.2 Å². The first-order valence-corrected chi connectivity index (χ1v) is 9.08. The number of pyridine rings is 1. The number of hydrogen-bond donors (Lipinski definition) is 2. The number of amides is 3. The molecule has 1 saturated heterocycles. The molecule has 2 aliphatic heterocycles. The third-order valence-electron chi connectivity index (χ3n) is 4.78. The van der Waals surface area contributed by atoms with E-state index in [4.69, 9.17) is 4.74 Å².